The smallest absolute Gasteiger partial charge is 0.403 e. The number of phosphoric ester groups is 2. The summed E-state index contributed by atoms with van der Waals surface area (Å²) in [4.78, 5) is 52.8. The van der Waals surface area contributed by atoms with Gasteiger partial charge < -0.3 is 18.5 Å². The van der Waals surface area contributed by atoms with Crippen LogP contribution in [0.2, 0.25) is 0 Å². The standard InChI is InChI=1S/C36H36N4O14P2/c1-19-9-23-15-47-55(45,49-17-25-5-7-29(51-25)39-13-21(3)33(41)37-35(39)43)53-31(23)27(11-19)28-12-20(2)10-24-16-48-56(46,54-32(24)28)50-18-26-6-8-30(52-26)40-14-22(4)34(42)38-36(40)44/h5-14,25-26,29-30H,15-18H2,1-4H3,(H,37,41,43)(H,38,42,44)/t25-,26+,29+,30-,55?,56?. The molecular formula is C36H36N4O14P2. The number of hydrogen-bond acceptors (Lipinski definition) is 14. The molecule has 294 valence electrons. The molecule has 4 aliphatic rings. The molecule has 0 aliphatic carbocycles. The summed E-state index contributed by atoms with van der Waals surface area (Å²) in [6, 6.07) is 7.27. The number of benzene rings is 2. The maximum atomic E-state index is 13.9. The van der Waals surface area contributed by atoms with E-state index in [9.17, 15) is 28.3 Å². The fourth-order valence-electron chi connectivity index (χ4n) is 6.59. The molecule has 20 heteroatoms. The average molecular weight is 811 g/mol. The Morgan fingerprint density at radius 1 is 0.643 bits per heavy atom. The number of ether oxygens (including phenoxy) is 2. The van der Waals surface area contributed by atoms with Gasteiger partial charge in [0.2, 0.25) is 0 Å². The fraction of sp³-hybridized carbons (Fsp3) is 0.333. The Morgan fingerprint density at radius 2 is 1.05 bits per heavy atom. The van der Waals surface area contributed by atoms with Crippen molar-refractivity contribution in [1.82, 2.24) is 19.1 Å². The van der Waals surface area contributed by atoms with E-state index >= 15 is 0 Å². The van der Waals surface area contributed by atoms with Crippen molar-refractivity contribution in [3.05, 3.63) is 136 Å². The largest absolute Gasteiger partial charge is 0.530 e. The van der Waals surface area contributed by atoms with Crippen LogP contribution in [0.5, 0.6) is 11.5 Å². The summed E-state index contributed by atoms with van der Waals surface area (Å²) in [5, 5.41) is 0. The Kier molecular flexibility index (Phi) is 9.87. The summed E-state index contributed by atoms with van der Waals surface area (Å²) in [7, 11) is -8.47. The van der Waals surface area contributed by atoms with E-state index in [4.69, 9.17) is 36.6 Å². The highest BCUT2D eigenvalue weighted by Gasteiger charge is 2.41. The van der Waals surface area contributed by atoms with Gasteiger partial charge in [-0.05, 0) is 75.2 Å². The minimum Gasteiger partial charge on any atom is -0.403 e. The van der Waals surface area contributed by atoms with Crippen LogP contribution in [0.15, 0.2) is 80.1 Å². The lowest BCUT2D eigenvalue weighted by Gasteiger charge is -2.30. The minimum atomic E-state index is -4.24. The summed E-state index contributed by atoms with van der Waals surface area (Å²) in [6.07, 6.45) is 6.16. The number of nitrogens with one attached hydrogen (secondary N) is 2. The van der Waals surface area contributed by atoms with Gasteiger partial charge >= 0.3 is 27.0 Å². The number of phosphoric acid groups is 2. The van der Waals surface area contributed by atoms with E-state index < -0.39 is 62.8 Å². The Bertz CT molecular complexity index is 2480. The van der Waals surface area contributed by atoms with Gasteiger partial charge in [-0.1, -0.05) is 12.2 Å². The molecule has 4 aromatic rings. The number of fused-ring (bicyclic) bond motifs is 2. The zero-order valence-electron chi connectivity index (χ0n) is 30.4. The first-order chi connectivity index (χ1) is 26.7. The molecule has 6 heterocycles. The summed E-state index contributed by atoms with van der Waals surface area (Å²) in [6.45, 7) is 6.14. The first-order valence-corrected chi connectivity index (χ1v) is 20.3. The van der Waals surface area contributed by atoms with Crippen LogP contribution in [0.3, 0.4) is 0 Å². The minimum absolute atomic E-state index is 0.114. The maximum Gasteiger partial charge on any atom is 0.530 e. The first-order valence-electron chi connectivity index (χ1n) is 17.4. The van der Waals surface area contributed by atoms with Gasteiger partial charge in [0.25, 0.3) is 11.1 Å². The third-order valence-corrected chi connectivity index (χ3v) is 11.9. The number of nitrogens with zero attached hydrogens (tertiary/aromatic N) is 2. The van der Waals surface area contributed by atoms with Crippen LogP contribution in [-0.4, -0.2) is 44.5 Å². The van der Waals surface area contributed by atoms with Crippen molar-refractivity contribution in [3.8, 4) is 22.6 Å². The molecule has 4 aliphatic heterocycles. The van der Waals surface area contributed by atoms with Crippen LogP contribution < -0.4 is 31.5 Å². The number of H-pyrrole nitrogens is 2. The number of rotatable bonds is 9. The molecule has 2 aromatic heterocycles. The zero-order chi connectivity index (χ0) is 39.5. The van der Waals surface area contributed by atoms with E-state index in [1.54, 1.807) is 38.2 Å². The molecule has 6 atom stereocenters. The van der Waals surface area contributed by atoms with Crippen LogP contribution in [0.4, 0.5) is 0 Å². The second-order valence-electron chi connectivity index (χ2n) is 13.7. The summed E-state index contributed by atoms with van der Waals surface area (Å²) >= 11 is 0. The van der Waals surface area contributed by atoms with Crippen molar-refractivity contribution in [3.63, 3.8) is 0 Å². The molecule has 2 N–H and O–H groups in total. The second-order valence-corrected chi connectivity index (χ2v) is 16.9. The van der Waals surface area contributed by atoms with Gasteiger partial charge in [-0.25, -0.2) is 18.7 Å². The third kappa shape index (κ3) is 7.50. The molecule has 2 unspecified atom stereocenters. The molecule has 0 amide bonds. The molecular weight excluding hydrogens is 774 g/mol. The van der Waals surface area contributed by atoms with E-state index in [1.807, 2.05) is 38.1 Å². The monoisotopic (exact) mass is 810 g/mol. The molecule has 18 nitrogen and oxygen atoms in total. The van der Waals surface area contributed by atoms with Gasteiger partial charge in [0.1, 0.15) is 23.7 Å². The van der Waals surface area contributed by atoms with Crippen LogP contribution in [0.1, 0.15) is 45.8 Å². The van der Waals surface area contributed by atoms with Gasteiger partial charge in [0.05, 0.1) is 26.4 Å². The predicted octanol–water partition coefficient (Wildman–Crippen LogP) is 4.66. The van der Waals surface area contributed by atoms with Crippen molar-refractivity contribution in [1.29, 1.82) is 0 Å². The Labute approximate surface area is 317 Å². The quantitative estimate of drug-likeness (QED) is 0.174. The molecule has 0 saturated carbocycles. The summed E-state index contributed by atoms with van der Waals surface area (Å²) in [5.74, 6) is 0.422. The Morgan fingerprint density at radius 3 is 1.46 bits per heavy atom. The second kappa shape index (κ2) is 14.6. The number of aromatic amines is 2. The van der Waals surface area contributed by atoms with E-state index in [-0.39, 0.29) is 37.9 Å². The molecule has 0 radical (unpaired) electrons. The average Bonchev–Trinajstić information content (AvgIpc) is 3.83. The first kappa shape index (κ1) is 38.0. The van der Waals surface area contributed by atoms with Crippen LogP contribution >= 0.6 is 15.6 Å². The molecule has 0 spiro atoms. The highest BCUT2D eigenvalue weighted by atomic mass is 31.2. The lowest BCUT2D eigenvalue weighted by atomic mass is 9.95. The van der Waals surface area contributed by atoms with Gasteiger partial charge in [-0.3, -0.25) is 46.8 Å². The van der Waals surface area contributed by atoms with Crippen LogP contribution in [-0.2, 0) is 49.9 Å². The van der Waals surface area contributed by atoms with Crippen LogP contribution in [0, 0.1) is 27.7 Å². The van der Waals surface area contributed by atoms with Gasteiger partial charge in [-0.2, -0.15) is 0 Å². The van der Waals surface area contributed by atoms with E-state index in [1.165, 1.54) is 21.5 Å². The number of aryl methyl sites for hydroxylation is 4. The number of aromatic nitrogens is 4. The molecule has 2 aromatic carbocycles. The Hall–Kier alpha value is -4.90. The lowest BCUT2D eigenvalue weighted by Crippen LogP contribution is -2.33. The van der Waals surface area contributed by atoms with E-state index in [2.05, 4.69) is 9.97 Å². The SMILES string of the molecule is Cc1cc2c(c(-c3cc(C)cc4c3OP(=O)(OC[C@@H]3C=C[C@H](n5cc(C)c(=O)[nH]c5=O)O3)OC4)c1)OP(=O)(OC[C@H]1C=C[C@@H](n3cc(C)c(=O)[nH]c3=O)O1)OC2. The van der Waals surface area contributed by atoms with Gasteiger partial charge in [-0.15, -0.1) is 0 Å². The van der Waals surface area contributed by atoms with Crippen molar-refractivity contribution in [2.75, 3.05) is 13.2 Å². The highest BCUT2D eigenvalue weighted by Crippen LogP contribution is 2.61. The lowest BCUT2D eigenvalue weighted by molar-refractivity contribution is -0.0130. The van der Waals surface area contributed by atoms with Crippen molar-refractivity contribution in [2.24, 2.45) is 0 Å². The maximum absolute atomic E-state index is 13.9. The molecule has 0 fully saturated rings. The summed E-state index contributed by atoms with van der Waals surface area (Å²) < 4.78 is 76.8. The molecule has 8 rings (SSSR count). The van der Waals surface area contributed by atoms with Crippen molar-refractivity contribution in [2.45, 2.75) is 65.6 Å². The van der Waals surface area contributed by atoms with Crippen LogP contribution in [0.25, 0.3) is 11.1 Å². The Balaban J connectivity index is 0.983. The van der Waals surface area contributed by atoms with E-state index in [0.29, 0.717) is 33.4 Å². The molecule has 0 saturated heterocycles. The van der Waals surface area contributed by atoms with Gasteiger partial charge in [0, 0.05) is 45.8 Å². The normalized spacial score (nSPS) is 26.4. The van der Waals surface area contributed by atoms with Crippen molar-refractivity contribution < 1.29 is 45.7 Å². The third-order valence-electron chi connectivity index (χ3n) is 9.32. The highest BCUT2D eigenvalue weighted by molar-refractivity contribution is 7.49. The molecule has 56 heavy (non-hydrogen) atoms. The van der Waals surface area contributed by atoms with Gasteiger partial charge in [0.15, 0.2) is 12.5 Å². The topological polar surface area (TPSA) is 218 Å². The fourth-order valence-corrected chi connectivity index (χ4v) is 9.08. The number of hydrogen-bond donors (Lipinski definition) is 2. The summed E-state index contributed by atoms with van der Waals surface area (Å²) in [5.41, 5.74) is 2.11. The van der Waals surface area contributed by atoms with E-state index in [0.717, 1.165) is 11.1 Å². The molecule has 0 bridgehead atoms. The van der Waals surface area contributed by atoms with Crippen molar-refractivity contribution >= 4 is 15.6 Å². The zero-order valence-corrected chi connectivity index (χ0v) is 32.2. The predicted molar refractivity (Wildman–Crippen MR) is 198 cm³/mol.